The Morgan fingerprint density at radius 3 is 2.44 bits per heavy atom. The van der Waals surface area contributed by atoms with Gasteiger partial charge in [-0.2, -0.15) is 5.26 Å². The second kappa shape index (κ2) is 8.95. The summed E-state index contributed by atoms with van der Waals surface area (Å²) in [5.74, 6) is 1.23. The van der Waals surface area contributed by atoms with Crippen molar-refractivity contribution < 1.29 is 5.11 Å². The van der Waals surface area contributed by atoms with E-state index >= 15 is 0 Å². The number of phenols is 1. The maximum absolute atomic E-state index is 10.1. The summed E-state index contributed by atoms with van der Waals surface area (Å²) in [7, 11) is 0. The Morgan fingerprint density at radius 1 is 1.11 bits per heavy atom. The number of phenolic OH excluding ortho intramolecular Hbond substituents is 1. The van der Waals surface area contributed by atoms with Crippen LogP contribution in [0.2, 0.25) is 0 Å². The first kappa shape index (κ1) is 18.6. The van der Waals surface area contributed by atoms with Gasteiger partial charge in [0.1, 0.15) is 5.75 Å². The van der Waals surface area contributed by atoms with Gasteiger partial charge in [0.2, 0.25) is 0 Å². The van der Waals surface area contributed by atoms with Gasteiger partial charge in [-0.1, -0.05) is 24.3 Å². The second-order valence-electron chi connectivity index (χ2n) is 6.44. The van der Waals surface area contributed by atoms with Crippen molar-refractivity contribution in [3.8, 4) is 11.8 Å². The molecule has 3 rings (SSSR count). The third-order valence-electron chi connectivity index (χ3n) is 4.63. The van der Waals surface area contributed by atoms with Gasteiger partial charge in [-0.3, -0.25) is 0 Å². The van der Waals surface area contributed by atoms with E-state index in [2.05, 4.69) is 28.1 Å². The van der Waals surface area contributed by atoms with Gasteiger partial charge < -0.3 is 20.2 Å². The summed E-state index contributed by atoms with van der Waals surface area (Å²) in [5.41, 5.74) is 2.63. The maximum atomic E-state index is 10.1. The minimum absolute atomic E-state index is 0.326. The minimum atomic E-state index is 0.326. The number of aliphatic imine (C=N–C) groups is 1. The smallest absolute Gasteiger partial charge is 0.194 e. The SMILES string of the molecule is CCNC(=NCc1ccc(C#N)cc1)N1CCN(c2ccccc2O)CC1. The highest BCUT2D eigenvalue weighted by Crippen LogP contribution is 2.27. The Hall–Kier alpha value is -3.20. The van der Waals surface area contributed by atoms with Gasteiger partial charge in [-0.05, 0) is 36.8 Å². The van der Waals surface area contributed by atoms with E-state index in [-0.39, 0.29) is 0 Å². The van der Waals surface area contributed by atoms with Crippen molar-refractivity contribution >= 4 is 11.6 Å². The Kier molecular flexibility index (Phi) is 6.16. The van der Waals surface area contributed by atoms with E-state index in [4.69, 9.17) is 10.3 Å². The first-order valence-corrected chi connectivity index (χ1v) is 9.26. The van der Waals surface area contributed by atoms with Crippen LogP contribution in [-0.2, 0) is 6.54 Å². The van der Waals surface area contributed by atoms with Gasteiger partial charge >= 0.3 is 0 Å². The highest BCUT2D eigenvalue weighted by atomic mass is 16.3. The van der Waals surface area contributed by atoms with Crippen LogP contribution in [0.3, 0.4) is 0 Å². The molecule has 0 aliphatic carbocycles. The number of para-hydroxylation sites is 2. The molecule has 0 radical (unpaired) electrons. The molecule has 0 amide bonds. The number of piperazine rings is 1. The van der Waals surface area contributed by atoms with E-state index in [9.17, 15) is 5.11 Å². The highest BCUT2D eigenvalue weighted by molar-refractivity contribution is 5.80. The monoisotopic (exact) mass is 363 g/mol. The van der Waals surface area contributed by atoms with Gasteiger partial charge in [-0.25, -0.2) is 4.99 Å². The van der Waals surface area contributed by atoms with E-state index < -0.39 is 0 Å². The lowest BCUT2D eigenvalue weighted by molar-refractivity contribution is 0.369. The molecule has 0 unspecified atom stereocenters. The summed E-state index contributed by atoms with van der Waals surface area (Å²) < 4.78 is 0. The molecule has 2 aromatic rings. The van der Waals surface area contributed by atoms with Crippen LogP contribution in [0.5, 0.6) is 5.75 Å². The minimum Gasteiger partial charge on any atom is -0.506 e. The molecule has 2 N–H and O–H groups in total. The predicted molar refractivity (Wildman–Crippen MR) is 108 cm³/mol. The van der Waals surface area contributed by atoms with Crippen LogP contribution < -0.4 is 10.2 Å². The number of rotatable bonds is 4. The molecule has 1 aliphatic rings. The summed E-state index contributed by atoms with van der Waals surface area (Å²) >= 11 is 0. The van der Waals surface area contributed by atoms with E-state index in [1.165, 1.54) is 0 Å². The Bertz CT molecular complexity index is 817. The number of aromatic hydroxyl groups is 1. The van der Waals surface area contributed by atoms with Crippen LogP contribution >= 0.6 is 0 Å². The molecule has 2 aromatic carbocycles. The number of nitriles is 1. The summed E-state index contributed by atoms with van der Waals surface area (Å²) in [6.07, 6.45) is 0. The van der Waals surface area contributed by atoms with E-state index in [1.54, 1.807) is 6.07 Å². The number of nitrogens with zero attached hydrogens (tertiary/aromatic N) is 4. The van der Waals surface area contributed by atoms with Crippen LogP contribution in [0.25, 0.3) is 0 Å². The lowest BCUT2D eigenvalue weighted by Gasteiger charge is -2.37. The van der Waals surface area contributed by atoms with Crippen molar-refractivity contribution in [3.05, 3.63) is 59.7 Å². The number of benzene rings is 2. The van der Waals surface area contributed by atoms with Crippen molar-refractivity contribution in [3.63, 3.8) is 0 Å². The average Bonchev–Trinajstić information content (AvgIpc) is 2.72. The zero-order valence-electron chi connectivity index (χ0n) is 15.6. The van der Waals surface area contributed by atoms with Crippen LogP contribution in [0, 0.1) is 11.3 Å². The molecule has 0 atom stereocenters. The quantitative estimate of drug-likeness (QED) is 0.645. The first-order chi connectivity index (χ1) is 13.2. The molecular formula is C21H25N5O. The summed E-state index contributed by atoms with van der Waals surface area (Å²) in [5, 5.41) is 22.3. The molecular weight excluding hydrogens is 338 g/mol. The number of hydrogen-bond donors (Lipinski definition) is 2. The molecule has 0 saturated carbocycles. The van der Waals surface area contributed by atoms with Crippen molar-refractivity contribution in [1.29, 1.82) is 5.26 Å². The van der Waals surface area contributed by atoms with Crippen molar-refractivity contribution in [1.82, 2.24) is 10.2 Å². The molecule has 0 aromatic heterocycles. The summed E-state index contributed by atoms with van der Waals surface area (Å²) in [4.78, 5) is 9.22. The molecule has 0 spiro atoms. The molecule has 1 saturated heterocycles. The topological polar surface area (TPSA) is 74.9 Å². The zero-order valence-corrected chi connectivity index (χ0v) is 15.6. The van der Waals surface area contributed by atoms with Crippen molar-refractivity contribution in [2.24, 2.45) is 4.99 Å². The Morgan fingerprint density at radius 2 is 1.81 bits per heavy atom. The third-order valence-corrected chi connectivity index (χ3v) is 4.63. The van der Waals surface area contributed by atoms with Gasteiger partial charge in [0, 0.05) is 32.7 Å². The van der Waals surface area contributed by atoms with Crippen LogP contribution in [-0.4, -0.2) is 48.7 Å². The zero-order chi connectivity index (χ0) is 19.1. The molecule has 1 aliphatic heterocycles. The lowest BCUT2D eigenvalue weighted by atomic mass is 10.1. The number of nitrogens with one attached hydrogen (secondary N) is 1. The van der Waals surface area contributed by atoms with Crippen LogP contribution in [0.4, 0.5) is 5.69 Å². The summed E-state index contributed by atoms with van der Waals surface area (Å²) in [6, 6.07) is 17.1. The fourth-order valence-electron chi connectivity index (χ4n) is 3.17. The molecule has 140 valence electrons. The van der Waals surface area contributed by atoms with Gasteiger partial charge in [0.05, 0.1) is 23.9 Å². The molecule has 27 heavy (non-hydrogen) atoms. The third kappa shape index (κ3) is 4.70. The fourth-order valence-corrected chi connectivity index (χ4v) is 3.17. The van der Waals surface area contributed by atoms with Crippen molar-refractivity contribution in [2.45, 2.75) is 13.5 Å². The van der Waals surface area contributed by atoms with E-state index in [0.29, 0.717) is 17.9 Å². The number of hydrogen-bond acceptors (Lipinski definition) is 4. The molecule has 1 heterocycles. The van der Waals surface area contributed by atoms with E-state index in [0.717, 1.165) is 49.9 Å². The van der Waals surface area contributed by atoms with E-state index in [1.807, 2.05) is 42.5 Å². The van der Waals surface area contributed by atoms with Gasteiger partial charge in [-0.15, -0.1) is 0 Å². The first-order valence-electron chi connectivity index (χ1n) is 9.26. The Balaban J connectivity index is 1.63. The largest absolute Gasteiger partial charge is 0.506 e. The maximum Gasteiger partial charge on any atom is 0.194 e. The number of guanidine groups is 1. The normalized spacial score (nSPS) is 14.7. The number of anilines is 1. The summed E-state index contributed by atoms with van der Waals surface area (Å²) in [6.45, 7) is 6.80. The molecule has 0 bridgehead atoms. The highest BCUT2D eigenvalue weighted by Gasteiger charge is 2.21. The predicted octanol–water partition coefficient (Wildman–Crippen LogP) is 2.55. The van der Waals surface area contributed by atoms with Crippen LogP contribution in [0.15, 0.2) is 53.5 Å². The lowest BCUT2D eigenvalue weighted by Crippen LogP contribution is -2.52. The average molecular weight is 363 g/mol. The molecule has 1 fully saturated rings. The fraction of sp³-hybridized carbons (Fsp3) is 0.333. The second-order valence-corrected chi connectivity index (χ2v) is 6.44. The molecule has 6 nitrogen and oxygen atoms in total. The van der Waals surface area contributed by atoms with Gasteiger partial charge in [0.25, 0.3) is 0 Å². The molecule has 6 heteroatoms. The standard InChI is InChI=1S/C21H25N5O/c1-2-23-21(24-16-18-9-7-17(15-22)8-10-18)26-13-11-25(12-14-26)19-5-3-4-6-20(19)27/h3-10,27H,2,11-14,16H2,1H3,(H,23,24). The Labute approximate surface area is 160 Å². The van der Waals surface area contributed by atoms with Gasteiger partial charge in [0.15, 0.2) is 5.96 Å². The van der Waals surface area contributed by atoms with Crippen molar-refractivity contribution in [2.75, 3.05) is 37.6 Å². The van der Waals surface area contributed by atoms with Crippen LogP contribution in [0.1, 0.15) is 18.1 Å².